The summed E-state index contributed by atoms with van der Waals surface area (Å²) >= 11 is 0. The number of rotatable bonds is 5. The van der Waals surface area contributed by atoms with E-state index in [2.05, 4.69) is 5.10 Å². The van der Waals surface area contributed by atoms with Crippen LogP contribution >= 0.6 is 0 Å². The number of aromatic nitrogens is 2. The molecule has 0 aliphatic heterocycles. The van der Waals surface area contributed by atoms with Crippen molar-refractivity contribution in [2.24, 2.45) is 0 Å². The van der Waals surface area contributed by atoms with Gasteiger partial charge in [-0.2, -0.15) is 5.10 Å². The van der Waals surface area contributed by atoms with Crippen molar-refractivity contribution >= 4 is 15.7 Å². The Hall–Kier alpha value is -1.04. The second-order valence-corrected chi connectivity index (χ2v) is 5.85. The van der Waals surface area contributed by atoms with Crippen LogP contribution in [0, 0.1) is 0 Å². The van der Waals surface area contributed by atoms with E-state index in [0.717, 1.165) is 12.1 Å². The first-order valence-electron chi connectivity index (χ1n) is 5.01. The molecule has 0 amide bonds. The summed E-state index contributed by atoms with van der Waals surface area (Å²) in [5.74, 6) is 0.740. The summed E-state index contributed by atoms with van der Waals surface area (Å²) in [4.78, 5) is 0. The van der Waals surface area contributed by atoms with E-state index in [-0.39, 0.29) is 11.5 Å². The van der Waals surface area contributed by atoms with Gasteiger partial charge in [-0.3, -0.25) is 4.68 Å². The van der Waals surface area contributed by atoms with Crippen LogP contribution in [0.25, 0.3) is 0 Å². The molecule has 0 bridgehead atoms. The van der Waals surface area contributed by atoms with Crippen molar-refractivity contribution in [3.05, 3.63) is 11.8 Å². The van der Waals surface area contributed by atoms with Crippen molar-refractivity contribution in [2.75, 3.05) is 17.2 Å². The Morgan fingerprint density at radius 1 is 1.47 bits per heavy atom. The largest absolute Gasteiger partial charge is 0.382 e. The molecule has 0 aliphatic carbocycles. The molecule has 6 heteroatoms. The summed E-state index contributed by atoms with van der Waals surface area (Å²) in [6.45, 7) is 4.02. The molecule has 0 unspecified atom stereocenters. The maximum Gasteiger partial charge on any atom is 0.151 e. The molecular weight excluding hydrogens is 214 g/mol. The van der Waals surface area contributed by atoms with E-state index in [1.54, 1.807) is 17.7 Å². The zero-order valence-corrected chi connectivity index (χ0v) is 9.92. The normalized spacial score (nSPS) is 11.9. The van der Waals surface area contributed by atoms with Gasteiger partial charge < -0.3 is 5.73 Å². The molecule has 0 saturated heterocycles. The third-order valence-electron chi connectivity index (χ3n) is 2.30. The van der Waals surface area contributed by atoms with E-state index in [1.165, 1.54) is 0 Å². The summed E-state index contributed by atoms with van der Waals surface area (Å²) in [6.07, 6.45) is 0.802. The first-order valence-corrected chi connectivity index (χ1v) is 6.83. The third-order valence-corrected chi connectivity index (χ3v) is 3.98. The molecule has 0 aliphatic rings. The number of nitrogen functional groups attached to an aromatic ring is 1. The van der Waals surface area contributed by atoms with E-state index in [0.29, 0.717) is 12.4 Å². The zero-order chi connectivity index (χ0) is 11.5. The first-order chi connectivity index (χ1) is 6.98. The van der Waals surface area contributed by atoms with Gasteiger partial charge in [-0.05, 0) is 6.42 Å². The van der Waals surface area contributed by atoms with E-state index >= 15 is 0 Å². The zero-order valence-electron chi connectivity index (χ0n) is 9.10. The number of hydrogen-bond donors (Lipinski definition) is 1. The smallest absolute Gasteiger partial charge is 0.151 e. The molecule has 2 N–H and O–H groups in total. The highest BCUT2D eigenvalue weighted by Gasteiger charge is 2.10. The van der Waals surface area contributed by atoms with E-state index in [9.17, 15) is 8.42 Å². The fourth-order valence-corrected chi connectivity index (χ4v) is 2.07. The molecule has 0 saturated carbocycles. The van der Waals surface area contributed by atoms with Gasteiger partial charge in [0.05, 0.1) is 12.3 Å². The van der Waals surface area contributed by atoms with Crippen LogP contribution < -0.4 is 5.73 Å². The SMILES string of the molecule is CCc1cc(N)nn1CCS(=O)(=O)CC. The highest BCUT2D eigenvalue weighted by molar-refractivity contribution is 7.91. The maximum atomic E-state index is 11.3. The van der Waals surface area contributed by atoms with E-state index in [1.807, 2.05) is 6.92 Å². The van der Waals surface area contributed by atoms with Crippen LogP contribution in [0.3, 0.4) is 0 Å². The van der Waals surface area contributed by atoms with Crippen molar-refractivity contribution in [3.8, 4) is 0 Å². The van der Waals surface area contributed by atoms with Gasteiger partial charge in [0.1, 0.15) is 5.82 Å². The van der Waals surface area contributed by atoms with Gasteiger partial charge in [0, 0.05) is 17.5 Å². The molecular formula is C9H17N3O2S. The van der Waals surface area contributed by atoms with Crippen molar-refractivity contribution in [2.45, 2.75) is 26.8 Å². The van der Waals surface area contributed by atoms with Crippen molar-refractivity contribution in [3.63, 3.8) is 0 Å². The monoisotopic (exact) mass is 231 g/mol. The summed E-state index contributed by atoms with van der Waals surface area (Å²) in [5, 5.41) is 4.05. The molecule has 5 nitrogen and oxygen atoms in total. The topological polar surface area (TPSA) is 78.0 Å². The molecule has 0 radical (unpaired) electrons. The number of sulfone groups is 1. The van der Waals surface area contributed by atoms with Crippen molar-refractivity contribution in [1.29, 1.82) is 0 Å². The number of nitrogens with two attached hydrogens (primary N) is 1. The fraction of sp³-hybridized carbons (Fsp3) is 0.667. The minimum absolute atomic E-state index is 0.123. The minimum Gasteiger partial charge on any atom is -0.382 e. The fourth-order valence-electron chi connectivity index (χ4n) is 1.33. The number of hydrogen-bond acceptors (Lipinski definition) is 4. The van der Waals surface area contributed by atoms with Gasteiger partial charge in [-0.15, -0.1) is 0 Å². The predicted octanol–water partition coefficient (Wildman–Crippen LogP) is 0.462. The third kappa shape index (κ3) is 3.23. The predicted molar refractivity (Wildman–Crippen MR) is 60.3 cm³/mol. The molecule has 1 heterocycles. The van der Waals surface area contributed by atoms with Crippen LogP contribution in [-0.4, -0.2) is 29.7 Å². The Kier molecular flexibility index (Phi) is 3.73. The van der Waals surface area contributed by atoms with Crippen molar-refractivity contribution in [1.82, 2.24) is 9.78 Å². The lowest BCUT2D eigenvalue weighted by atomic mass is 10.3. The Balaban J connectivity index is 2.73. The second-order valence-electron chi connectivity index (χ2n) is 3.37. The first kappa shape index (κ1) is 12.0. The van der Waals surface area contributed by atoms with Crippen LogP contribution in [0.1, 0.15) is 19.5 Å². The molecule has 0 fully saturated rings. The standard InChI is InChI=1S/C9H17N3O2S/c1-3-8-7-9(10)11-12(8)5-6-15(13,14)4-2/h7H,3-6H2,1-2H3,(H2,10,11). The average molecular weight is 231 g/mol. The van der Waals surface area contributed by atoms with Gasteiger partial charge in [-0.1, -0.05) is 13.8 Å². The average Bonchev–Trinajstić information content (AvgIpc) is 2.56. The van der Waals surface area contributed by atoms with Gasteiger partial charge in [0.25, 0.3) is 0 Å². The van der Waals surface area contributed by atoms with E-state index in [4.69, 9.17) is 5.73 Å². The molecule has 0 spiro atoms. The Labute approximate surface area is 90.2 Å². The quantitative estimate of drug-likeness (QED) is 0.798. The van der Waals surface area contributed by atoms with Crippen LogP contribution in [-0.2, 0) is 22.8 Å². The van der Waals surface area contributed by atoms with Crippen LogP contribution in [0.5, 0.6) is 0 Å². The number of aryl methyl sites for hydroxylation is 2. The summed E-state index contributed by atoms with van der Waals surface area (Å²) in [6, 6.07) is 1.78. The molecule has 86 valence electrons. The van der Waals surface area contributed by atoms with Gasteiger partial charge >= 0.3 is 0 Å². The lowest BCUT2D eigenvalue weighted by Crippen LogP contribution is -2.16. The Bertz CT molecular complexity index is 423. The summed E-state index contributed by atoms with van der Waals surface area (Å²) in [7, 11) is -2.94. The molecule has 0 aromatic carbocycles. The minimum atomic E-state index is -2.94. The second kappa shape index (κ2) is 4.65. The lowest BCUT2D eigenvalue weighted by Gasteiger charge is -2.05. The molecule has 1 aromatic rings. The molecule has 15 heavy (non-hydrogen) atoms. The van der Waals surface area contributed by atoms with Crippen LogP contribution in [0.2, 0.25) is 0 Å². The molecule has 0 atom stereocenters. The highest BCUT2D eigenvalue weighted by atomic mass is 32.2. The Morgan fingerprint density at radius 3 is 2.67 bits per heavy atom. The number of anilines is 1. The van der Waals surface area contributed by atoms with Gasteiger partial charge in [-0.25, -0.2) is 8.42 Å². The van der Waals surface area contributed by atoms with E-state index < -0.39 is 9.84 Å². The van der Waals surface area contributed by atoms with Gasteiger partial charge in [0.2, 0.25) is 0 Å². The van der Waals surface area contributed by atoms with Crippen LogP contribution in [0.15, 0.2) is 6.07 Å². The Morgan fingerprint density at radius 2 is 2.13 bits per heavy atom. The number of nitrogens with zero attached hydrogens (tertiary/aromatic N) is 2. The van der Waals surface area contributed by atoms with Crippen LogP contribution in [0.4, 0.5) is 5.82 Å². The van der Waals surface area contributed by atoms with Gasteiger partial charge in [0.15, 0.2) is 9.84 Å². The molecule has 1 aromatic heterocycles. The summed E-state index contributed by atoms with van der Waals surface area (Å²) < 4.78 is 24.3. The lowest BCUT2D eigenvalue weighted by molar-refractivity contribution is 0.576. The summed E-state index contributed by atoms with van der Waals surface area (Å²) in [5.41, 5.74) is 6.52. The highest BCUT2D eigenvalue weighted by Crippen LogP contribution is 2.07. The molecule has 1 rings (SSSR count). The maximum absolute atomic E-state index is 11.3. The van der Waals surface area contributed by atoms with Crippen molar-refractivity contribution < 1.29 is 8.42 Å².